The molecule has 98 valence electrons. The molecule has 0 heterocycles. The Morgan fingerprint density at radius 3 is 2.72 bits per heavy atom. The summed E-state index contributed by atoms with van der Waals surface area (Å²) in [6, 6.07) is 5.68. The molecule has 18 heavy (non-hydrogen) atoms. The molecule has 1 fully saturated rings. The molecular weight excluding hydrogens is 250 g/mol. The number of halogens is 1. The average molecular weight is 268 g/mol. The van der Waals surface area contributed by atoms with Gasteiger partial charge in [0.15, 0.2) is 0 Å². The van der Waals surface area contributed by atoms with Crippen LogP contribution in [-0.2, 0) is 4.79 Å². The minimum Gasteiger partial charge on any atom is -0.495 e. The van der Waals surface area contributed by atoms with E-state index >= 15 is 0 Å². The number of carbonyl (C=O) groups is 1. The van der Waals surface area contributed by atoms with E-state index < -0.39 is 0 Å². The molecule has 1 aromatic carbocycles. The number of methoxy groups -OCH3 is 1. The summed E-state index contributed by atoms with van der Waals surface area (Å²) in [7, 11) is 1.60. The predicted molar refractivity (Wildman–Crippen MR) is 73.5 cm³/mol. The van der Waals surface area contributed by atoms with Gasteiger partial charge < -0.3 is 10.1 Å². The number of nitrogens with one attached hydrogen (secondary N) is 1. The fraction of sp³-hybridized carbons (Fsp3) is 0.500. The Morgan fingerprint density at radius 1 is 1.39 bits per heavy atom. The van der Waals surface area contributed by atoms with Gasteiger partial charge in [0.1, 0.15) is 11.5 Å². The third-order valence-electron chi connectivity index (χ3n) is 3.41. The fourth-order valence-corrected chi connectivity index (χ4v) is 2.50. The molecule has 0 atom stereocenters. The zero-order chi connectivity index (χ0) is 13.0. The number of ketones is 1. The van der Waals surface area contributed by atoms with E-state index in [9.17, 15) is 4.79 Å². The number of anilines is 1. The van der Waals surface area contributed by atoms with Crippen LogP contribution in [0.2, 0.25) is 5.02 Å². The lowest BCUT2D eigenvalue weighted by Gasteiger charge is -2.21. The largest absolute Gasteiger partial charge is 0.495 e. The van der Waals surface area contributed by atoms with E-state index in [2.05, 4.69) is 5.32 Å². The molecule has 1 aliphatic rings. The molecule has 0 bridgehead atoms. The predicted octanol–water partition coefficient (Wildman–Crippen LogP) is 3.52. The first-order valence-corrected chi connectivity index (χ1v) is 6.66. The Kier molecular flexibility index (Phi) is 4.48. The van der Waals surface area contributed by atoms with Crippen LogP contribution in [0, 0.1) is 5.92 Å². The van der Waals surface area contributed by atoms with Gasteiger partial charge in [-0.2, -0.15) is 0 Å². The van der Waals surface area contributed by atoms with E-state index in [0.29, 0.717) is 22.5 Å². The Morgan fingerprint density at radius 2 is 2.11 bits per heavy atom. The van der Waals surface area contributed by atoms with Gasteiger partial charge in [-0.25, -0.2) is 0 Å². The number of carbonyl (C=O) groups excluding carboxylic acids is 1. The molecule has 0 saturated heterocycles. The lowest BCUT2D eigenvalue weighted by atomic mass is 9.88. The summed E-state index contributed by atoms with van der Waals surface area (Å²) in [5.74, 6) is 1.67. The Bertz CT molecular complexity index is 424. The van der Waals surface area contributed by atoms with Crippen LogP contribution in [0.5, 0.6) is 5.75 Å². The monoisotopic (exact) mass is 267 g/mol. The molecule has 1 N–H and O–H groups in total. The Labute approximate surface area is 112 Å². The van der Waals surface area contributed by atoms with Crippen LogP contribution in [0.3, 0.4) is 0 Å². The van der Waals surface area contributed by atoms with Crippen LogP contribution in [0.4, 0.5) is 5.69 Å². The van der Waals surface area contributed by atoms with Crippen molar-refractivity contribution >= 4 is 23.1 Å². The molecular formula is C14H18ClNO2. The minimum absolute atomic E-state index is 0.402. The summed E-state index contributed by atoms with van der Waals surface area (Å²) in [5, 5.41) is 3.98. The number of hydrogen-bond acceptors (Lipinski definition) is 3. The van der Waals surface area contributed by atoms with Crippen molar-refractivity contribution in [2.45, 2.75) is 25.7 Å². The molecule has 1 aromatic rings. The summed E-state index contributed by atoms with van der Waals surface area (Å²) in [6.45, 7) is 0.899. The second-order valence-corrected chi connectivity index (χ2v) is 5.12. The SMILES string of the molecule is COc1ccc(NCC2CCC(=O)CC2)cc1Cl. The van der Waals surface area contributed by atoms with Crippen molar-refractivity contribution in [1.82, 2.24) is 0 Å². The Hall–Kier alpha value is -1.22. The van der Waals surface area contributed by atoms with Gasteiger partial charge in [0.25, 0.3) is 0 Å². The number of rotatable bonds is 4. The van der Waals surface area contributed by atoms with E-state index in [1.54, 1.807) is 7.11 Å². The Balaban J connectivity index is 1.86. The van der Waals surface area contributed by atoms with Crippen LogP contribution in [0.25, 0.3) is 0 Å². The van der Waals surface area contributed by atoms with Crippen molar-refractivity contribution in [3.8, 4) is 5.75 Å². The third kappa shape index (κ3) is 3.39. The van der Waals surface area contributed by atoms with E-state index in [0.717, 1.165) is 37.9 Å². The van der Waals surface area contributed by atoms with Crippen molar-refractivity contribution in [2.24, 2.45) is 5.92 Å². The highest BCUT2D eigenvalue weighted by atomic mass is 35.5. The van der Waals surface area contributed by atoms with Gasteiger partial charge in [-0.05, 0) is 37.0 Å². The summed E-state index contributed by atoms with van der Waals surface area (Å²) in [5.41, 5.74) is 0.998. The number of hydrogen-bond donors (Lipinski definition) is 1. The summed E-state index contributed by atoms with van der Waals surface area (Å²) >= 11 is 6.06. The molecule has 0 spiro atoms. The molecule has 0 aliphatic heterocycles. The minimum atomic E-state index is 0.402. The lowest BCUT2D eigenvalue weighted by Crippen LogP contribution is -2.21. The van der Waals surface area contributed by atoms with Crippen molar-refractivity contribution in [1.29, 1.82) is 0 Å². The second kappa shape index (κ2) is 6.10. The van der Waals surface area contributed by atoms with Crippen LogP contribution in [0.1, 0.15) is 25.7 Å². The zero-order valence-corrected chi connectivity index (χ0v) is 11.3. The maximum atomic E-state index is 11.1. The molecule has 1 aliphatic carbocycles. The van der Waals surface area contributed by atoms with E-state index in [1.807, 2.05) is 18.2 Å². The maximum Gasteiger partial charge on any atom is 0.137 e. The molecule has 2 rings (SSSR count). The van der Waals surface area contributed by atoms with Gasteiger partial charge in [-0.1, -0.05) is 11.6 Å². The smallest absolute Gasteiger partial charge is 0.137 e. The molecule has 4 heteroatoms. The number of Topliss-reactive ketones (excluding diaryl/α,β-unsaturated/α-hetero) is 1. The van der Waals surface area contributed by atoms with Crippen molar-refractivity contribution in [2.75, 3.05) is 19.0 Å². The quantitative estimate of drug-likeness (QED) is 0.907. The second-order valence-electron chi connectivity index (χ2n) is 4.71. The van der Waals surface area contributed by atoms with Gasteiger partial charge in [0.2, 0.25) is 0 Å². The highest BCUT2D eigenvalue weighted by Crippen LogP contribution is 2.28. The maximum absolute atomic E-state index is 11.1. The van der Waals surface area contributed by atoms with Crippen LogP contribution >= 0.6 is 11.6 Å². The molecule has 0 amide bonds. The number of ether oxygens (including phenoxy) is 1. The molecule has 3 nitrogen and oxygen atoms in total. The normalized spacial score (nSPS) is 16.7. The van der Waals surface area contributed by atoms with Gasteiger partial charge in [0, 0.05) is 25.1 Å². The van der Waals surface area contributed by atoms with Crippen LogP contribution in [0.15, 0.2) is 18.2 Å². The van der Waals surface area contributed by atoms with E-state index in [4.69, 9.17) is 16.3 Å². The van der Waals surface area contributed by atoms with Crippen molar-refractivity contribution in [3.63, 3.8) is 0 Å². The standard InChI is InChI=1S/C14H18ClNO2/c1-18-14-7-4-11(8-13(14)15)16-9-10-2-5-12(17)6-3-10/h4,7-8,10,16H,2-3,5-6,9H2,1H3. The summed E-state index contributed by atoms with van der Waals surface area (Å²) in [6.07, 6.45) is 3.46. The van der Waals surface area contributed by atoms with E-state index in [-0.39, 0.29) is 0 Å². The molecule has 0 aromatic heterocycles. The average Bonchev–Trinajstić information content (AvgIpc) is 2.38. The number of benzene rings is 1. The first kappa shape index (κ1) is 13.2. The van der Waals surface area contributed by atoms with Crippen LogP contribution in [-0.4, -0.2) is 19.4 Å². The van der Waals surface area contributed by atoms with Crippen molar-refractivity contribution in [3.05, 3.63) is 23.2 Å². The summed E-state index contributed by atoms with van der Waals surface area (Å²) < 4.78 is 5.11. The van der Waals surface area contributed by atoms with Gasteiger partial charge in [-0.3, -0.25) is 4.79 Å². The summed E-state index contributed by atoms with van der Waals surface area (Å²) in [4.78, 5) is 11.1. The first-order chi connectivity index (χ1) is 8.69. The topological polar surface area (TPSA) is 38.3 Å². The molecule has 1 saturated carbocycles. The van der Waals surface area contributed by atoms with Crippen LogP contribution < -0.4 is 10.1 Å². The van der Waals surface area contributed by atoms with E-state index in [1.165, 1.54) is 0 Å². The van der Waals surface area contributed by atoms with Gasteiger partial charge >= 0.3 is 0 Å². The zero-order valence-electron chi connectivity index (χ0n) is 10.5. The first-order valence-electron chi connectivity index (χ1n) is 6.28. The van der Waals surface area contributed by atoms with Crippen molar-refractivity contribution < 1.29 is 9.53 Å². The van der Waals surface area contributed by atoms with Gasteiger partial charge in [0.05, 0.1) is 12.1 Å². The third-order valence-corrected chi connectivity index (χ3v) is 3.70. The lowest BCUT2D eigenvalue weighted by molar-refractivity contribution is -0.120. The molecule has 0 radical (unpaired) electrons. The fourth-order valence-electron chi connectivity index (χ4n) is 2.24. The highest BCUT2D eigenvalue weighted by molar-refractivity contribution is 6.32. The molecule has 0 unspecified atom stereocenters. The highest BCUT2D eigenvalue weighted by Gasteiger charge is 2.18. The van der Waals surface area contributed by atoms with Gasteiger partial charge in [-0.15, -0.1) is 0 Å².